The predicted octanol–water partition coefficient (Wildman–Crippen LogP) is 2.30. The Labute approximate surface area is 140 Å². The van der Waals surface area contributed by atoms with Crippen LogP contribution in [0.15, 0.2) is 24.3 Å². The minimum atomic E-state index is -5.30. The van der Waals surface area contributed by atoms with Gasteiger partial charge in [0.1, 0.15) is 5.82 Å². The average Bonchev–Trinajstić information content (AvgIpc) is 2.71. The van der Waals surface area contributed by atoms with Gasteiger partial charge in [-0.3, -0.25) is 14.9 Å². The smallest absolute Gasteiger partial charge is 0.317 e. The molecular weight excluding hydrogens is 346 g/mol. The zero-order valence-corrected chi connectivity index (χ0v) is 13.5. The molecule has 1 heterocycles. The Hall–Kier alpha value is -2.65. The standard InChI is InChI=1S/C15H15F4N3O3/c1-13(2,3)10(23)20-14(15(17,18)19)11(24)22(12(25)21-14)9-6-4-8(16)5-7-9/h4-7H,1-3H3,(H,20,23)(H,21,25)/t14-/m1/s1. The molecule has 0 unspecified atom stereocenters. The molecule has 2 rings (SSSR count). The summed E-state index contributed by atoms with van der Waals surface area (Å²) in [6.07, 6.45) is -5.30. The Kier molecular flexibility index (Phi) is 4.27. The highest BCUT2D eigenvalue weighted by molar-refractivity contribution is 6.24. The molecular formula is C15H15F4N3O3. The van der Waals surface area contributed by atoms with Gasteiger partial charge in [0.15, 0.2) is 0 Å². The molecule has 0 spiro atoms. The summed E-state index contributed by atoms with van der Waals surface area (Å²) >= 11 is 0. The largest absolute Gasteiger partial charge is 0.440 e. The van der Waals surface area contributed by atoms with Crippen LogP contribution in [-0.2, 0) is 9.59 Å². The van der Waals surface area contributed by atoms with E-state index in [4.69, 9.17) is 0 Å². The van der Waals surface area contributed by atoms with Crippen molar-refractivity contribution in [3.63, 3.8) is 0 Å². The van der Waals surface area contributed by atoms with E-state index in [1.807, 2.05) is 0 Å². The van der Waals surface area contributed by atoms with Gasteiger partial charge in [-0.1, -0.05) is 20.8 Å². The van der Waals surface area contributed by atoms with Crippen LogP contribution < -0.4 is 15.5 Å². The number of nitrogens with one attached hydrogen (secondary N) is 2. The third kappa shape index (κ3) is 3.15. The lowest BCUT2D eigenvalue weighted by molar-refractivity contribution is -0.202. The molecule has 1 aliphatic rings. The first-order valence-electron chi connectivity index (χ1n) is 7.11. The molecule has 1 fully saturated rings. The van der Waals surface area contributed by atoms with Gasteiger partial charge in [0.25, 0.3) is 11.6 Å². The Morgan fingerprint density at radius 1 is 1.12 bits per heavy atom. The number of nitrogens with zero attached hydrogens (tertiary/aromatic N) is 1. The minimum Gasteiger partial charge on any atom is -0.317 e. The summed E-state index contributed by atoms with van der Waals surface area (Å²) < 4.78 is 53.8. The van der Waals surface area contributed by atoms with Gasteiger partial charge in [-0.05, 0) is 24.3 Å². The average molecular weight is 361 g/mol. The number of imide groups is 1. The SMILES string of the molecule is CC(C)(C)C(=O)N[C@@]1(C(F)(F)F)NC(=O)N(c2ccc(F)cc2)C1=O. The van der Waals surface area contributed by atoms with Crippen LogP contribution in [0.2, 0.25) is 0 Å². The maximum atomic E-state index is 13.6. The van der Waals surface area contributed by atoms with E-state index in [-0.39, 0.29) is 10.6 Å². The fourth-order valence-corrected chi connectivity index (χ4v) is 2.06. The van der Waals surface area contributed by atoms with Crippen molar-refractivity contribution in [1.82, 2.24) is 10.6 Å². The van der Waals surface area contributed by atoms with Crippen molar-refractivity contribution >= 4 is 23.5 Å². The fraction of sp³-hybridized carbons (Fsp3) is 0.400. The van der Waals surface area contributed by atoms with Crippen molar-refractivity contribution in [3.8, 4) is 0 Å². The molecule has 0 aromatic heterocycles. The van der Waals surface area contributed by atoms with Crippen molar-refractivity contribution in [2.45, 2.75) is 32.6 Å². The highest BCUT2D eigenvalue weighted by atomic mass is 19.4. The van der Waals surface area contributed by atoms with Gasteiger partial charge in [0.05, 0.1) is 5.69 Å². The molecule has 0 radical (unpaired) electrons. The third-order valence-electron chi connectivity index (χ3n) is 3.51. The number of benzene rings is 1. The summed E-state index contributed by atoms with van der Waals surface area (Å²) in [6, 6.07) is 2.34. The summed E-state index contributed by atoms with van der Waals surface area (Å²) in [5.41, 5.74) is -5.10. The van der Waals surface area contributed by atoms with E-state index in [0.717, 1.165) is 24.3 Å². The van der Waals surface area contributed by atoms with Gasteiger partial charge in [-0.15, -0.1) is 0 Å². The molecule has 1 aromatic rings. The van der Waals surface area contributed by atoms with Crippen LogP contribution in [0.4, 0.5) is 28.0 Å². The Morgan fingerprint density at radius 2 is 1.64 bits per heavy atom. The molecule has 1 atom stereocenters. The molecule has 1 saturated heterocycles. The number of hydrogen-bond acceptors (Lipinski definition) is 3. The van der Waals surface area contributed by atoms with E-state index < -0.39 is 40.9 Å². The number of alkyl halides is 3. The van der Waals surface area contributed by atoms with Crippen molar-refractivity contribution in [3.05, 3.63) is 30.1 Å². The maximum absolute atomic E-state index is 13.6. The molecule has 0 aliphatic carbocycles. The number of amides is 4. The lowest BCUT2D eigenvalue weighted by atomic mass is 9.94. The summed E-state index contributed by atoms with van der Waals surface area (Å²) in [5, 5.41) is 3.11. The highest BCUT2D eigenvalue weighted by Gasteiger charge is 2.69. The molecule has 1 aromatic carbocycles. The molecule has 10 heteroatoms. The van der Waals surface area contributed by atoms with Crippen LogP contribution >= 0.6 is 0 Å². The van der Waals surface area contributed by atoms with E-state index in [9.17, 15) is 31.9 Å². The molecule has 4 amide bonds. The molecule has 1 aliphatic heterocycles. The number of carbonyl (C=O) groups excluding carboxylic acids is 3. The Balaban J connectivity index is 2.49. The summed E-state index contributed by atoms with van der Waals surface area (Å²) in [6.45, 7) is 4.06. The number of anilines is 1. The second kappa shape index (κ2) is 5.71. The zero-order valence-electron chi connectivity index (χ0n) is 13.5. The van der Waals surface area contributed by atoms with E-state index in [1.165, 1.54) is 26.1 Å². The molecule has 136 valence electrons. The van der Waals surface area contributed by atoms with Gasteiger partial charge in [0.2, 0.25) is 5.91 Å². The van der Waals surface area contributed by atoms with E-state index in [0.29, 0.717) is 0 Å². The number of carbonyl (C=O) groups is 3. The van der Waals surface area contributed by atoms with Crippen molar-refractivity contribution in [2.24, 2.45) is 5.41 Å². The van der Waals surface area contributed by atoms with Crippen LogP contribution in [0.3, 0.4) is 0 Å². The highest BCUT2D eigenvalue weighted by Crippen LogP contribution is 2.36. The van der Waals surface area contributed by atoms with E-state index >= 15 is 0 Å². The second-order valence-electron chi connectivity index (χ2n) is 6.50. The predicted molar refractivity (Wildman–Crippen MR) is 78.8 cm³/mol. The van der Waals surface area contributed by atoms with E-state index in [1.54, 1.807) is 5.32 Å². The van der Waals surface area contributed by atoms with Crippen molar-refractivity contribution in [2.75, 3.05) is 4.90 Å². The van der Waals surface area contributed by atoms with Gasteiger partial charge in [-0.25, -0.2) is 14.1 Å². The Morgan fingerprint density at radius 3 is 2.08 bits per heavy atom. The first-order chi connectivity index (χ1) is 11.3. The lowest BCUT2D eigenvalue weighted by Crippen LogP contribution is -2.70. The van der Waals surface area contributed by atoms with Crippen LogP contribution in [0.1, 0.15) is 20.8 Å². The van der Waals surface area contributed by atoms with Gasteiger partial charge < -0.3 is 5.32 Å². The summed E-state index contributed by atoms with van der Waals surface area (Å²) in [5.74, 6) is -3.51. The third-order valence-corrected chi connectivity index (χ3v) is 3.51. The Bertz CT molecular complexity index is 725. The van der Waals surface area contributed by atoms with Crippen LogP contribution in [0.5, 0.6) is 0 Å². The molecule has 2 N–H and O–H groups in total. The molecule has 25 heavy (non-hydrogen) atoms. The summed E-state index contributed by atoms with van der Waals surface area (Å²) in [4.78, 5) is 36.7. The van der Waals surface area contributed by atoms with Crippen LogP contribution in [0, 0.1) is 11.2 Å². The summed E-state index contributed by atoms with van der Waals surface area (Å²) in [7, 11) is 0. The first kappa shape index (κ1) is 18.7. The van der Waals surface area contributed by atoms with E-state index in [2.05, 4.69) is 0 Å². The quantitative estimate of drug-likeness (QED) is 0.627. The zero-order chi connectivity index (χ0) is 19.2. The van der Waals surface area contributed by atoms with Gasteiger partial charge >= 0.3 is 12.2 Å². The number of hydrogen-bond donors (Lipinski definition) is 2. The van der Waals surface area contributed by atoms with Crippen molar-refractivity contribution in [1.29, 1.82) is 0 Å². The molecule has 0 bridgehead atoms. The van der Waals surface area contributed by atoms with Crippen molar-refractivity contribution < 1.29 is 31.9 Å². The van der Waals surface area contributed by atoms with Gasteiger partial charge in [-0.2, -0.15) is 13.2 Å². The first-order valence-corrected chi connectivity index (χ1v) is 7.11. The topological polar surface area (TPSA) is 78.5 Å². The second-order valence-corrected chi connectivity index (χ2v) is 6.50. The monoisotopic (exact) mass is 361 g/mol. The normalized spacial score (nSPS) is 21.3. The number of halogens is 4. The number of urea groups is 1. The maximum Gasteiger partial charge on any atom is 0.440 e. The minimum absolute atomic E-state index is 0.204. The number of rotatable bonds is 2. The lowest BCUT2D eigenvalue weighted by Gasteiger charge is -2.32. The molecule has 6 nitrogen and oxygen atoms in total. The molecule has 0 saturated carbocycles. The van der Waals surface area contributed by atoms with Gasteiger partial charge in [0, 0.05) is 5.41 Å². The van der Waals surface area contributed by atoms with Crippen LogP contribution in [-0.4, -0.2) is 29.7 Å². The van der Waals surface area contributed by atoms with Crippen LogP contribution in [0.25, 0.3) is 0 Å². The fourth-order valence-electron chi connectivity index (χ4n) is 2.06.